The lowest BCUT2D eigenvalue weighted by molar-refractivity contribution is 0.0763. The number of ether oxygens (including phenoxy) is 3. The zero-order chi connectivity index (χ0) is 17.2. The number of rotatable bonds is 4. The van der Waals surface area contributed by atoms with E-state index in [0.29, 0.717) is 42.9 Å². The van der Waals surface area contributed by atoms with Crippen LogP contribution in [0, 0.1) is 0 Å². The minimum absolute atomic E-state index is 0.0830. The van der Waals surface area contributed by atoms with Gasteiger partial charge >= 0.3 is 0 Å². The Hall–Kier alpha value is -2.84. The third-order valence-electron chi connectivity index (χ3n) is 4.31. The van der Waals surface area contributed by atoms with E-state index in [1.54, 1.807) is 28.2 Å². The van der Waals surface area contributed by atoms with Crippen LogP contribution >= 0.6 is 0 Å². The van der Waals surface area contributed by atoms with E-state index in [0.717, 1.165) is 19.4 Å². The molecule has 0 radical (unpaired) electrons. The molecule has 1 unspecified atom stereocenters. The molecule has 25 heavy (non-hydrogen) atoms. The summed E-state index contributed by atoms with van der Waals surface area (Å²) in [5, 5.41) is 4.24. The zero-order valence-electron chi connectivity index (χ0n) is 13.9. The number of methoxy groups -OCH3 is 1. The molecule has 1 amide bonds. The van der Waals surface area contributed by atoms with E-state index >= 15 is 0 Å². The fourth-order valence-corrected chi connectivity index (χ4v) is 3.09. The van der Waals surface area contributed by atoms with Gasteiger partial charge in [-0.3, -0.25) is 4.79 Å². The van der Waals surface area contributed by atoms with Crippen LogP contribution in [-0.2, 0) is 6.54 Å². The van der Waals surface area contributed by atoms with Crippen molar-refractivity contribution in [3.63, 3.8) is 0 Å². The van der Waals surface area contributed by atoms with Crippen LogP contribution in [0.25, 0.3) is 0 Å². The lowest BCUT2D eigenvalue weighted by Gasteiger charge is -2.19. The predicted molar refractivity (Wildman–Crippen MR) is 85.9 cm³/mol. The van der Waals surface area contributed by atoms with Crippen LogP contribution in [0.3, 0.4) is 0 Å². The Morgan fingerprint density at radius 3 is 2.96 bits per heavy atom. The molecule has 2 aromatic rings. The number of hydrogen-bond donors (Lipinski definition) is 0. The summed E-state index contributed by atoms with van der Waals surface area (Å²) < 4.78 is 18.4. The topological polar surface area (TPSA) is 91.6 Å². The number of carbonyl (C=O) groups is 1. The third kappa shape index (κ3) is 2.97. The summed E-state index contributed by atoms with van der Waals surface area (Å²) in [4.78, 5) is 22.7. The van der Waals surface area contributed by atoms with Crippen molar-refractivity contribution < 1.29 is 19.0 Å². The fourth-order valence-electron chi connectivity index (χ4n) is 3.09. The van der Waals surface area contributed by atoms with Gasteiger partial charge in [0.15, 0.2) is 0 Å². The number of amides is 1. The minimum Gasteiger partial charge on any atom is -0.477 e. The highest BCUT2D eigenvalue weighted by molar-refractivity contribution is 5.96. The first-order valence-electron chi connectivity index (χ1n) is 8.26. The van der Waals surface area contributed by atoms with E-state index in [-0.39, 0.29) is 12.0 Å². The molecule has 0 aliphatic carbocycles. The summed E-state index contributed by atoms with van der Waals surface area (Å²) in [6.45, 7) is 2.48. The van der Waals surface area contributed by atoms with Crippen LogP contribution in [0.4, 0.5) is 0 Å². The average molecular weight is 345 g/mol. The fraction of sp³-hybridized carbons (Fsp3) is 0.500. The van der Waals surface area contributed by atoms with Crippen LogP contribution in [0.15, 0.2) is 18.6 Å². The number of carbonyl (C=O) groups excluding carboxylic acids is 1. The Morgan fingerprint density at radius 1 is 1.28 bits per heavy atom. The summed E-state index contributed by atoms with van der Waals surface area (Å²) in [5.74, 6) is 1.17. The van der Waals surface area contributed by atoms with E-state index in [4.69, 9.17) is 14.2 Å². The maximum Gasteiger partial charge on any atom is 0.278 e. The van der Waals surface area contributed by atoms with E-state index in [1.807, 2.05) is 0 Å². The molecule has 9 nitrogen and oxygen atoms in total. The van der Waals surface area contributed by atoms with E-state index in [1.165, 1.54) is 7.11 Å². The highest BCUT2D eigenvalue weighted by Gasteiger charge is 2.32. The molecule has 4 heterocycles. The van der Waals surface area contributed by atoms with Crippen molar-refractivity contribution in [1.29, 1.82) is 0 Å². The lowest BCUT2D eigenvalue weighted by atomic mass is 10.3. The molecule has 1 atom stereocenters. The molecule has 0 bridgehead atoms. The SMILES string of the molecule is COc1nccnc1OC1CCN(C(=O)c2cnn3c2OCCC3)C1. The molecule has 0 spiro atoms. The molecule has 1 saturated heterocycles. The maximum absolute atomic E-state index is 12.8. The van der Waals surface area contributed by atoms with Gasteiger partial charge in [0.1, 0.15) is 11.7 Å². The van der Waals surface area contributed by atoms with Crippen molar-refractivity contribution in [1.82, 2.24) is 24.6 Å². The van der Waals surface area contributed by atoms with E-state index in [9.17, 15) is 4.79 Å². The van der Waals surface area contributed by atoms with Gasteiger partial charge in [0, 0.05) is 38.3 Å². The maximum atomic E-state index is 12.8. The Labute approximate surface area is 144 Å². The molecule has 1 fully saturated rings. The van der Waals surface area contributed by atoms with Gasteiger partial charge in [0.25, 0.3) is 17.7 Å². The molecular weight excluding hydrogens is 326 g/mol. The van der Waals surface area contributed by atoms with Gasteiger partial charge in [-0.1, -0.05) is 0 Å². The van der Waals surface area contributed by atoms with Crippen molar-refractivity contribution >= 4 is 5.91 Å². The van der Waals surface area contributed by atoms with Gasteiger partial charge in [-0.05, 0) is 0 Å². The number of likely N-dealkylation sites (tertiary alicyclic amines) is 1. The summed E-state index contributed by atoms with van der Waals surface area (Å²) >= 11 is 0. The zero-order valence-corrected chi connectivity index (χ0v) is 13.9. The Bertz CT molecular complexity index is 778. The van der Waals surface area contributed by atoms with E-state index < -0.39 is 0 Å². The Kier molecular flexibility index (Phi) is 4.12. The molecule has 4 rings (SSSR count). The summed E-state index contributed by atoms with van der Waals surface area (Å²) in [6.07, 6.45) is 6.15. The number of nitrogens with zero attached hydrogens (tertiary/aromatic N) is 5. The lowest BCUT2D eigenvalue weighted by Crippen LogP contribution is -2.31. The predicted octanol–water partition coefficient (Wildman–Crippen LogP) is 0.758. The molecule has 9 heteroatoms. The number of aromatic nitrogens is 4. The molecule has 0 N–H and O–H groups in total. The second kappa shape index (κ2) is 6.58. The molecule has 0 saturated carbocycles. The summed E-state index contributed by atoms with van der Waals surface area (Å²) in [5.41, 5.74) is 0.512. The van der Waals surface area contributed by atoms with Gasteiger partial charge in [-0.15, -0.1) is 0 Å². The van der Waals surface area contributed by atoms with Crippen molar-refractivity contribution in [2.75, 3.05) is 26.8 Å². The largest absolute Gasteiger partial charge is 0.477 e. The second-order valence-electron chi connectivity index (χ2n) is 5.94. The first kappa shape index (κ1) is 15.7. The number of hydrogen-bond acceptors (Lipinski definition) is 7. The van der Waals surface area contributed by atoms with Crippen LogP contribution < -0.4 is 14.2 Å². The average Bonchev–Trinajstić information content (AvgIpc) is 3.28. The quantitative estimate of drug-likeness (QED) is 0.808. The third-order valence-corrected chi connectivity index (χ3v) is 4.31. The van der Waals surface area contributed by atoms with Crippen molar-refractivity contribution in [3.05, 3.63) is 24.2 Å². The molecule has 2 aliphatic rings. The summed E-state index contributed by atoms with van der Waals surface area (Å²) in [7, 11) is 1.52. The Morgan fingerprint density at radius 2 is 2.12 bits per heavy atom. The van der Waals surface area contributed by atoms with Crippen molar-refractivity contribution in [2.45, 2.75) is 25.5 Å². The molecule has 132 valence electrons. The van der Waals surface area contributed by atoms with Crippen LogP contribution in [0.2, 0.25) is 0 Å². The smallest absolute Gasteiger partial charge is 0.278 e. The highest BCUT2D eigenvalue weighted by Crippen LogP contribution is 2.27. The molecule has 0 aromatic carbocycles. The standard InChI is InChI=1S/C16H19N5O4/c1-23-13-14(18-5-4-17-13)25-11-3-7-20(10-11)15(22)12-9-19-21-6-2-8-24-16(12)21/h4-5,9,11H,2-3,6-8,10H2,1H3. The number of fused-ring (bicyclic) bond motifs is 1. The van der Waals surface area contributed by atoms with Gasteiger partial charge in [-0.25, -0.2) is 14.6 Å². The van der Waals surface area contributed by atoms with Gasteiger partial charge in [0.2, 0.25) is 5.88 Å². The van der Waals surface area contributed by atoms with Crippen LogP contribution in [-0.4, -0.2) is 63.5 Å². The van der Waals surface area contributed by atoms with Gasteiger partial charge in [-0.2, -0.15) is 5.10 Å². The van der Waals surface area contributed by atoms with Crippen LogP contribution in [0.1, 0.15) is 23.2 Å². The molecular formula is C16H19N5O4. The minimum atomic E-state index is -0.151. The molecule has 2 aromatic heterocycles. The number of aryl methyl sites for hydroxylation is 1. The van der Waals surface area contributed by atoms with E-state index in [2.05, 4.69) is 15.1 Å². The first-order valence-corrected chi connectivity index (χ1v) is 8.26. The van der Waals surface area contributed by atoms with Crippen molar-refractivity contribution in [3.8, 4) is 17.6 Å². The Balaban J connectivity index is 1.44. The van der Waals surface area contributed by atoms with Gasteiger partial charge < -0.3 is 19.1 Å². The monoisotopic (exact) mass is 345 g/mol. The molecule has 2 aliphatic heterocycles. The second-order valence-corrected chi connectivity index (χ2v) is 5.94. The van der Waals surface area contributed by atoms with Crippen LogP contribution in [0.5, 0.6) is 17.6 Å². The van der Waals surface area contributed by atoms with Gasteiger partial charge in [0.05, 0.1) is 26.5 Å². The normalized spacial score (nSPS) is 19.2. The summed E-state index contributed by atoms with van der Waals surface area (Å²) in [6, 6.07) is 0. The van der Waals surface area contributed by atoms with Crippen molar-refractivity contribution in [2.24, 2.45) is 0 Å². The highest BCUT2D eigenvalue weighted by atomic mass is 16.5. The first-order chi connectivity index (χ1) is 12.3.